The Morgan fingerprint density at radius 2 is 1.62 bits per heavy atom. The molecule has 0 unspecified atom stereocenters. The maximum absolute atomic E-state index is 12.8. The Kier molecular flexibility index (Phi) is 9.46. The number of nitro benzene ring substituents is 1. The van der Waals surface area contributed by atoms with Crippen LogP contribution in [0.4, 0.5) is 30.2 Å². The summed E-state index contributed by atoms with van der Waals surface area (Å²) in [6.07, 6.45) is 0.350. The number of hydrogen-bond donors (Lipinski definition) is 2. The fraction of sp³-hybridized carbons (Fsp3) is 0.414. The van der Waals surface area contributed by atoms with E-state index in [2.05, 4.69) is 40.5 Å². The van der Waals surface area contributed by atoms with Crippen molar-refractivity contribution in [2.45, 2.75) is 44.3 Å². The number of carbonyl (C=O) groups is 1. The number of benzene rings is 3. The van der Waals surface area contributed by atoms with Crippen LogP contribution in [-0.2, 0) is 11.0 Å². The first kappa shape index (κ1) is 29.1. The van der Waals surface area contributed by atoms with Gasteiger partial charge < -0.3 is 20.2 Å². The Hall–Kier alpha value is -3.86. The average Bonchev–Trinajstić information content (AvgIpc) is 2.97. The second kappa shape index (κ2) is 13.0. The zero-order chi connectivity index (χ0) is 28.7. The smallest absolute Gasteiger partial charge is 0.387 e. The molecule has 8 nitrogen and oxygen atoms in total. The molecule has 5 rings (SSSR count). The highest BCUT2D eigenvalue weighted by Gasteiger charge is 2.38. The van der Waals surface area contributed by atoms with Crippen LogP contribution in [0.1, 0.15) is 37.7 Å². The van der Waals surface area contributed by atoms with E-state index in [9.17, 15) is 28.1 Å². The van der Waals surface area contributed by atoms with Crippen molar-refractivity contribution < 1.29 is 28.0 Å². The van der Waals surface area contributed by atoms with Crippen molar-refractivity contribution in [3.63, 3.8) is 0 Å². The summed E-state index contributed by atoms with van der Waals surface area (Å²) in [6.45, 7) is 2.57. The first-order valence-corrected chi connectivity index (χ1v) is 13.4. The average molecular weight is 559 g/mol. The summed E-state index contributed by atoms with van der Waals surface area (Å²) in [5.74, 6) is -0.178. The molecule has 1 heterocycles. The molecule has 1 aliphatic carbocycles. The highest BCUT2D eigenvalue weighted by molar-refractivity contribution is 5.86. The third-order valence-electron chi connectivity index (χ3n) is 7.34. The van der Waals surface area contributed by atoms with Gasteiger partial charge in [0.2, 0.25) is 5.91 Å². The largest absolute Gasteiger partial charge is 0.423 e. The number of halogens is 3. The van der Waals surface area contributed by atoms with Crippen LogP contribution in [0.3, 0.4) is 0 Å². The molecule has 214 valence electrons. The van der Waals surface area contributed by atoms with E-state index in [-0.39, 0.29) is 17.6 Å². The Morgan fingerprint density at radius 1 is 0.950 bits per heavy atom. The van der Waals surface area contributed by atoms with Gasteiger partial charge in [0.25, 0.3) is 5.69 Å². The van der Waals surface area contributed by atoms with E-state index in [0.29, 0.717) is 13.1 Å². The van der Waals surface area contributed by atoms with Gasteiger partial charge in [0, 0.05) is 49.7 Å². The van der Waals surface area contributed by atoms with Crippen LogP contribution in [0.5, 0.6) is 0 Å². The monoisotopic (exact) mass is 558 g/mol. The number of amides is 1. The first-order valence-electron chi connectivity index (χ1n) is 13.4. The lowest BCUT2D eigenvalue weighted by Crippen LogP contribution is -2.49. The molecule has 2 N–H and O–H groups in total. The fourth-order valence-electron chi connectivity index (χ4n) is 5.18. The molecule has 0 spiro atoms. The number of aliphatic hydroxyl groups is 1. The summed E-state index contributed by atoms with van der Waals surface area (Å²) in [5.41, 5.74) is -0.635. The van der Waals surface area contributed by atoms with E-state index in [4.69, 9.17) is 5.11 Å². The maximum Gasteiger partial charge on any atom is 0.423 e. The highest BCUT2D eigenvalue weighted by atomic mass is 19.4. The molecule has 40 heavy (non-hydrogen) atoms. The van der Waals surface area contributed by atoms with Crippen LogP contribution in [0.25, 0.3) is 10.8 Å². The molecule has 3 aromatic carbocycles. The van der Waals surface area contributed by atoms with Gasteiger partial charge in [0.05, 0.1) is 4.92 Å². The lowest BCUT2D eigenvalue weighted by molar-refractivity contribution is -0.388. The van der Waals surface area contributed by atoms with Gasteiger partial charge >= 0.3 is 6.18 Å². The summed E-state index contributed by atoms with van der Waals surface area (Å²) in [4.78, 5) is 25.1. The van der Waals surface area contributed by atoms with E-state index >= 15 is 0 Å². The molecule has 11 heteroatoms. The molecule has 1 aliphatic heterocycles. The lowest BCUT2D eigenvalue weighted by Gasteiger charge is -2.36. The van der Waals surface area contributed by atoms with Crippen LogP contribution in [-0.4, -0.2) is 59.7 Å². The molecule has 1 saturated heterocycles. The number of piperazine rings is 1. The molecular formula is C29H33F3N4O4. The SMILES string of the molecule is O=C(CO)N1CCN(c2ccc3ccccc3c2)CC1.O=[N+]([O-])c1ccc(NC2CCCCC2)cc1C(F)(F)F. The number of fused-ring (bicyclic) bond motifs is 1. The minimum Gasteiger partial charge on any atom is -0.387 e. The Balaban J connectivity index is 0.000000185. The van der Waals surface area contributed by atoms with Crippen LogP contribution in [0.15, 0.2) is 60.7 Å². The number of nitrogens with zero attached hydrogens (tertiary/aromatic N) is 3. The third-order valence-corrected chi connectivity index (χ3v) is 7.34. The lowest BCUT2D eigenvalue weighted by atomic mass is 9.95. The second-order valence-electron chi connectivity index (χ2n) is 10.0. The molecular weight excluding hydrogens is 525 g/mol. The van der Waals surface area contributed by atoms with Gasteiger partial charge in [-0.15, -0.1) is 0 Å². The predicted octanol–water partition coefficient (Wildman–Crippen LogP) is 5.84. The van der Waals surface area contributed by atoms with Crippen molar-refractivity contribution in [3.8, 4) is 0 Å². The molecule has 0 radical (unpaired) electrons. The van der Waals surface area contributed by atoms with Crippen LogP contribution in [0, 0.1) is 10.1 Å². The van der Waals surface area contributed by atoms with Crippen molar-refractivity contribution in [2.75, 3.05) is 43.0 Å². The van der Waals surface area contributed by atoms with Gasteiger partial charge in [0.1, 0.15) is 12.2 Å². The quantitative estimate of drug-likeness (QED) is 0.302. The molecule has 0 aromatic heterocycles. The minimum absolute atomic E-state index is 0.145. The number of nitrogens with one attached hydrogen (secondary N) is 1. The maximum atomic E-state index is 12.8. The van der Waals surface area contributed by atoms with E-state index in [0.717, 1.165) is 57.3 Å². The fourth-order valence-corrected chi connectivity index (χ4v) is 5.18. The van der Waals surface area contributed by atoms with Crippen LogP contribution in [0.2, 0.25) is 0 Å². The highest BCUT2D eigenvalue weighted by Crippen LogP contribution is 2.38. The van der Waals surface area contributed by atoms with E-state index in [1.54, 1.807) is 4.90 Å². The number of nitro groups is 1. The normalized spacial score (nSPS) is 16.3. The summed E-state index contributed by atoms with van der Waals surface area (Å²) >= 11 is 0. The zero-order valence-electron chi connectivity index (χ0n) is 22.1. The molecule has 0 bridgehead atoms. The molecule has 2 aliphatic rings. The van der Waals surface area contributed by atoms with Gasteiger partial charge in [-0.3, -0.25) is 14.9 Å². The standard InChI is InChI=1S/C16H18N2O2.C13H15F3N2O2/c19-12-16(20)18-9-7-17(8-10-18)15-6-5-13-3-1-2-4-14(13)11-15;14-13(15,16)11-8-10(6-7-12(11)18(19)20)17-9-4-2-1-3-5-9/h1-6,11,19H,7-10,12H2;6-9,17H,1-5H2. The number of alkyl halides is 3. The van der Waals surface area contributed by atoms with Gasteiger partial charge in [-0.05, 0) is 47.9 Å². The van der Waals surface area contributed by atoms with Crippen molar-refractivity contribution >= 4 is 33.7 Å². The summed E-state index contributed by atoms with van der Waals surface area (Å²) < 4.78 is 38.5. The van der Waals surface area contributed by atoms with Crippen molar-refractivity contribution in [2.24, 2.45) is 0 Å². The number of rotatable bonds is 5. The number of aliphatic hydroxyl groups excluding tert-OH is 1. The van der Waals surface area contributed by atoms with Crippen molar-refractivity contribution in [3.05, 3.63) is 76.3 Å². The predicted molar refractivity (Wildman–Crippen MR) is 148 cm³/mol. The Labute approximate surface area is 230 Å². The van der Waals surface area contributed by atoms with Gasteiger partial charge in [-0.1, -0.05) is 49.6 Å². The zero-order valence-corrected chi connectivity index (χ0v) is 22.1. The first-order chi connectivity index (χ1) is 19.2. The summed E-state index contributed by atoms with van der Waals surface area (Å²) in [7, 11) is 0. The summed E-state index contributed by atoms with van der Waals surface area (Å²) in [6, 6.07) is 18.0. The van der Waals surface area contributed by atoms with Crippen LogP contribution < -0.4 is 10.2 Å². The van der Waals surface area contributed by atoms with Crippen molar-refractivity contribution in [1.29, 1.82) is 0 Å². The van der Waals surface area contributed by atoms with Gasteiger partial charge in [-0.25, -0.2) is 0 Å². The molecule has 2 fully saturated rings. The van der Waals surface area contributed by atoms with Crippen LogP contribution >= 0.6 is 0 Å². The number of hydrogen-bond acceptors (Lipinski definition) is 6. The topological polar surface area (TPSA) is 99.0 Å². The Bertz CT molecular complexity index is 1320. The minimum atomic E-state index is -4.73. The molecule has 1 saturated carbocycles. The Morgan fingerprint density at radius 3 is 2.25 bits per heavy atom. The van der Waals surface area contributed by atoms with Gasteiger partial charge in [0.15, 0.2) is 0 Å². The second-order valence-corrected chi connectivity index (χ2v) is 10.0. The number of anilines is 2. The van der Waals surface area contributed by atoms with Crippen molar-refractivity contribution in [1.82, 2.24) is 4.90 Å². The third kappa shape index (κ3) is 7.41. The van der Waals surface area contributed by atoms with E-state index in [1.165, 1.54) is 22.5 Å². The summed E-state index contributed by atoms with van der Waals surface area (Å²) in [5, 5.41) is 25.1. The van der Waals surface area contributed by atoms with E-state index in [1.807, 2.05) is 12.1 Å². The molecule has 0 atom stereocenters. The van der Waals surface area contributed by atoms with E-state index < -0.39 is 29.0 Å². The molecule has 1 amide bonds. The van der Waals surface area contributed by atoms with Gasteiger partial charge in [-0.2, -0.15) is 13.2 Å². The number of carbonyl (C=O) groups excluding carboxylic acids is 1. The molecule has 3 aromatic rings.